The summed E-state index contributed by atoms with van der Waals surface area (Å²) >= 11 is 0. The van der Waals surface area contributed by atoms with Crippen LogP contribution in [0.5, 0.6) is 5.75 Å². The molecule has 3 N–H and O–H groups in total. The lowest BCUT2D eigenvalue weighted by Gasteiger charge is -2.25. The molecule has 0 fully saturated rings. The molecule has 0 heterocycles. The molecule has 0 saturated heterocycles. The third-order valence-corrected chi connectivity index (χ3v) is 4.46. The number of aryl methyl sites for hydroxylation is 1. The van der Waals surface area contributed by atoms with E-state index in [1.165, 1.54) is 11.1 Å². The Bertz CT molecular complexity index is 681. The van der Waals surface area contributed by atoms with Crippen LogP contribution in [0.1, 0.15) is 16.7 Å². The van der Waals surface area contributed by atoms with Crippen LogP contribution in [0.3, 0.4) is 0 Å². The van der Waals surface area contributed by atoms with Crippen molar-refractivity contribution in [3.8, 4) is 5.75 Å². The number of hydrogen-bond donors (Lipinski definition) is 3. The van der Waals surface area contributed by atoms with Gasteiger partial charge in [-0.2, -0.15) is 0 Å². The summed E-state index contributed by atoms with van der Waals surface area (Å²) in [4.78, 5) is 14.1. The molecule has 140 valence electrons. The largest absolute Gasteiger partial charge is 0.508 e. The van der Waals surface area contributed by atoms with Crippen LogP contribution >= 0.6 is 0 Å². The molecular formula is C21H29N3O2. The number of phenolic OH excluding ortho intramolecular Hbond substituents is 1. The lowest BCUT2D eigenvalue weighted by molar-refractivity contribution is 0.232. The Morgan fingerprint density at radius 2 is 1.62 bits per heavy atom. The SMILES string of the molecule is Cc1ccc(CCNC(=O)NC[C@H](Cc2ccc(O)cc2)N(C)C)cc1. The fourth-order valence-electron chi connectivity index (χ4n) is 2.69. The summed E-state index contributed by atoms with van der Waals surface area (Å²) < 4.78 is 0. The van der Waals surface area contributed by atoms with Crippen molar-refractivity contribution in [1.29, 1.82) is 0 Å². The van der Waals surface area contributed by atoms with Crippen LogP contribution in [0.2, 0.25) is 0 Å². The molecule has 0 saturated carbocycles. The number of urea groups is 1. The first-order chi connectivity index (χ1) is 12.4. The third kappa shape index (κ3) is 6.76. The molecule has 0 radical (unpaired) electrons. The van der Waals surface area contributed by atoms with Gasteiger partial charge in [-0.1, -0.05) is 42.0 Å². The van der Waals surface area contributed by atoms with Gasteiger partial charge in [0.25, 0.3) is 0 Å². The van der Waals surface area contributed by atoms with Crippen LogP contribution in [-0.4, -0.2) is 49.3 Å². The number of likely N-dealkylation sites (N-methyl/N-ethyl adjacent to an activating group) is 1. The van der Waals surface area contributed by atoms with Crippen LogP contribution in [0.15, 0.2) is 48.5 Å². The maximum absolute atomic E-state index is 12.0. The number of benzene rings is 2. The number of carbonyl (C=O) groups excluding carboxylic acids is 1. The zero-order valence-electron chi connectivity index (χ0n) is 15.8. The Labute approximate surface area is 156 Å². The van der Waals surface area contributed by atoms with Crippen molar-refractivity contribution in [1.82, 2.24) is 15.5 Å². The average molecular weight is 355 g/mol. The van der Waals surface area contributed by atoms with Gasteiger partial charge in [-0.25, -0.2) is 4.79 Å². The lowest BCUT2D eigenvalue weighted by atomic mass is 10.1. The highest BCUT2D eigenvalue weighted by molar-refractivity contribution is 5.73. The van der Waals surface area contributed by atoms with E-state index in [1.54, 1.807) is 12.1 Å². The van der Waals surface area contributed by atoms with Gasteiger partial charge in [0, 0.05) is 19.1 Å². The smallest absolute Gasteiger partial charge is 0.314 e. The minimum atomic E-state index is -0.144. The zero-order valence-corrected chi connectivity index (χ0v) is 15.8. The molecule has 26 heavy (non-hydrogen) atoms. The van der Waals surface area contributed by atoms with Gasteiger partial charge in [-0.3, -0.25) is 0 Å². The molecule has 0 aliphatic heterocycles. The standard InChI is InChI=1S/C21H29N3O2/c1-16-4-6-17(7-5-16)12-13-22-21(26)23-15-19(24(2)3)14-18-8-10-20(25)11-9-18/h4-11,19,25H,12-15H2,1-3H3,(H2,22,23,26)/t19-/m0/s1. The first kappa shape index (κ1) is 19.8. The van der Waals surface area contributed by atoms with Gasteiger partial charge < -0.3 is 20.6 Å². The second-order valence-corrected chi connectivity index (χ2v) is 6.86. The molecule has 0 unspecified atom stereocenters. The lowest BCUT2D eigenvalue weighted by Crippen LogP contribution is -2.45. The number of amides is 2. The Morgan fingerprint density at radius 1 is 1.00 bits per heavy atom. The van der Waals surface area contributed by atoms with Crippen LogP contribution in [0.4, 0.5) is 4.79 Å². The number of nitrogens with zero attached hydrogens (tertiary/aromatic N) is 1. The Hall–Kier alpha value is -2.53. The summed E-state index contributed by atoms with van der Waals surface area (Å²) in [6, 6.07) is 15.6. The number of rotatable bonds is 8. The van der Waals surface area contributed by atoms with Crippen molar-refractivity contribution in [2.45, 2.75) is 25.8 Å². The normalized spacial score (nSPS) is 12.0. The van der Waals surface area contributed by atoms with Crippen molar-refractivity contribution < 1.29 is 9.90 Å². The fourth-order valence-corrected chi connectivity index (χ4v) is 2.69. The Morgan fingerprint density at radius 3 is 2.23 bits per heavy atom. The average Bonchev–Trinajstić information content (AvgIpc) is 2.61. The monoisotopic (exact) mass is 355 g/mol. The van der Waals surface area contributed by atoms with E-state index >= 15 is 0 Å². The van der Waals surface area contributed by atoms with Gasteiger partial charge in [-0.15, -0.1) is 0 Å². The van der Waals surface area contributed by atoms with Crippen molar-refractivity contribution in [3.05, 3.63) is 65.2 Å². The van der Waals surface area contributed by atoms with Crippen LogP contribution < -0.4 is 10.6 Å². The summed E-state index contributed by atoms with van der Waals surface area (Å²) in [6.45, 7) is 3.23. The quantitative estimate of drug-likeness (QED) is 0.682. The summed E-state index contributed by atoms with van der Waals surface area (Å²) in [5.41, 5.74) is 3.58. The molecule has 1 atom stereocenters. The van der Waals surface area contributed by atoms with Gasteiger partial charge in [0.15, 0.2) is 0 Å². The van der Waals surface area contributed by atoms with E-state index in [4.69, 9.17) is 0 Å². The highest BCUT2D eigenvalue weighted by Crippen LogP contribution is 2.12. The first-order valence-electron chi connectivity index (χ1n) is 8.95. The fraction of sp³-hybridized carbons (Fsp3) is 0.381. The minimum absolute atomic E-state index is 0.144. The molecule has 0 aliphatic carbocycles. The van der Waals surface area contributed by atoms with Crippen LogP contribution in [0.25, 0.3) is 0 Å². The summed E-state index contributed by atoms with van der Waals surface area (Å²) in [7, 11) is 4.00. The molecule has 2 aromatic carbocycles. The molecule has 0 aromatic heterocycles. The van der Waals surface area contributed by atoms with Crippen LogP contribution in [0, 0.1) is 6.92 Å². The van der Waals surface area contributed by atoms with Gasteiger partial charge in [-0.05, 0) is 57.1 Å². The van der Waals surface area contributed by atoms with Gasteiger partial charge >= 0.3 is 6.03 Å². The molecule has 0 bridgehead atoms. The first-order valence-corrected chi connectivity index (χ1v) is 8.95. The minimum Gasteiger partial charge on any atom is -0.508 e. The molecule has 5 heteroatoms. The van der Waals surface area contributed by atoms with E-state index in [9.17, 15) is 9.90 Å². The number of phenols is 1. The molecular weight excluding hydrogens is 326 g/mol. The third-order valence-electron chi connectivity index (χ3n) is 4.46. The van der Waals surface area contributed by atoms with E-state index in [-0.39, 0.29) is 17.8 Å². The van der Waals surface area contributed by atoms with E-state index in [2.05, 4.69) is 46.7 Å². The summed E-state index contributed by atoms with van der Waals surface area (Å²) in [5.74, 6) is 0.265. The predicted molar refractivity (Wildman–Crippen MR) is 106 cm³/mol. The van der Waals surface area contributed by atoms with Crippen molar-refractivity contribution in [3.63, 3.8) is 0 Å². The highest BCUT2D eigenvalue weighted by Gasteiger charge is 2.13. The maximum atomic E-state index is 12.0. The van der Waals surface area contributed by atoms with Gasteiger partial charge in [0.2, 0.25) is 0 Å². The van der Waals surface area contributed by atoms with Gasteiger partial charge in [0.05, 0.1) is 0 Å². The van der Waals surface area contributed by atoms with E-state index in [1.807, 2.05) is 26.2 Å². The van der Waals surface area contributed by atoms with E-state index < -0.39 is 0 Å². The Balaban J connectivity index is 1.74. The molecule has 2 aromatic rings. The van der Waals surface area contributed by atoms with Crippen molar-refractivity contribution in [2.75, 3.05) is 27.2 Å². The number of carbonyl (C=O) groups is 1. The molecule has 0 spiro atoms. The molecule has 2 amide bonds. The highest BCUT2D eigenvalue weighted by atomic mass is 16.3. The van der Waals surface area contributed by atoms with Crippen molar-refractivity contribution >= 4 is 6.03 Å². The second-order valence-electron chi connectivity index (χ2n) is 6.86. The van der Waals surface area contributed by atoms with Gasteiger partial charge in [0.1, 0.15) is 5.75 Å². The molecule has 2 rings (SSSR count). The predicted octanol–water partition coefficient (Wildman–Crippen LogP) is 2.72. The van der Waals surface area contributed by atoms with Crippen molar-refractivity contribution in [2.24, 2.45) is 0 Å². The maximum Gasteiger partial charge on any atom is 0.314 e. The second kappa shape index (κ2) is 9.82. The summed E-state index contributed by atoms with van der Waals surface area (Å²) in [6.07, 6.45) is 1.62. The number of aromatic hydroxyl groups is 1. The molecule has 0 aliphatic rings. The topological polar surface area (TPSA) is 64.6 Å². The van der Waals surface area contributed by atoms with E-state index in [0.717, 1.165) is 18.4 Å². The molecule has 5 nitrogen and oxygen atoms in total. The Kier molecular flexibility index (Phi) is 7.48. The number of hydrogen-bond acceptors (Lipinski definition) is 3. The zero-order chi connectivity index (χ0) is 18.9. The van der Waals surface area contributed by atoms with Crippen LogP contribution in [-0.2, 0) is 12.8 Å². The van der Waals surface area contributed by atoms with E-state index in [0.29, 0.717) is 13.1 Å². The number of nitrogens with one attached hydrogen (secondary N) is 2. The summed E-state index contributed by atoms with van der Waals surface area (Å²) in [5, 5.41) is 15.2.